The quantitative estimate of drug-likeness (QED) is 0.570. The summed E-state index contributed by atoms with van der Waals surface area (Å²) in [5, 5.41) is 6.20. The maximum absolute atomic E-state index is 12.0. The summed E-state index contributed by atoms with van der Waals surface area (Å²) in [4.78, 5) is 17.1. The third-order valence-electron chi connectivity index (χ3n) is 5.15. The highest BCUT2D eigenvalue weighted by molar-refractivity contribution is 5.86. The molecular weight excluding hydrogens is 435 g/mol. The van der Waals surface area contributed by atoms with Crippen molar-refractivity contribution in [2.45, 2.75) is 25.4 Å². The summed E-state index contributed by atoms with van der Waals surface area (Å²) in [7, 11) is 0. The highest BCUT2D eigenvalue weighted by atomic mass is 35.5. The molecule has 3 rings (SSSR count). The molecule has 1 amide bonds. The number of rotatable bonds is 8. The highest BCUT2D eigenvalue weighted by Gasteiger charge is 2.20. The minimum atomic E-state index is -0.179. The molecule has 1 atom stereocenters. The van der Waals surface area contributed by atoms with Gasteiger partial charge >= 0.3 is 0 Å². The SMILES string of the molecule is Cl.Cl.Cl.O=C(NCCCCN1CCN(Cc2ccccc2)CC1)C1COCCN1. The van der Waals surface area contributed by atoms with Crippen LogP contribution >= 0.6 is 37.2 Å². The number of unbranched alkanes of at least 4 members (excludes halogenated alkanes) is 1. The summed E-state index contributed by atoms with van der Waals surface area (Å²) in [5.74, 6) is 0.0687. The van der Waals surface area contributed by atoms with Gasteiger partial charge in [-0.1, -0.05) is 30.3 Å². The van der Waals surface area contributed by atoms with Gasteiger partial charge in [0.05, 0.1) is 13.2 Å². The molecule has 2 N–H and O–H groups in total. The number of hydrogen-bond donors (Lipinski definition) is 2. The van der Waals surface area contributed by atoms with E-state index < -0.39 is 0 Å². The molecule has 0 aromatic heterocycles. The van der Waals surface area contributed by atoms with Crippen LogP contribution in [0, 0.1) is 0 Å². The second-order valence-corrected chi connectivity index (χ2v) is 7.18. The maximum Gasteiger partial charge on any atom is 0.239 e. The first-order valence-corrected chi connectivity index (χ1v) is 9.89. The van der Waals surface area contributed by atoms with E-state index in [9.17, 15) is 4.79 Å². The number of ether oxygens (including phenoxy) is 1. The fourth-order valence-electron chi connectivity index (χ4n) is 3.54. The maximum atomic E-state index is 12.0. The van der Waals surface area contributed by atoms with Gasteiger partial charge in [-0.3, -0.25) is 9.69 Å². The molecule has 1 unspecified atom stereocenters. The van der Waals surface area contributed by atoms with Crippen molar-refractivity contribution in [3.8, 4) is 0 Å². The molecule has 0 aliphatic carbocycles. The largest absolute Gasteiger partial charge is 0.378 e. The number of halogens is 3. The molecule has 0 saturated carbocycles. The van der Waals surface area contributed by atoms with Gasteiger partial charge in [0.15, 0.2) is 0 Å². The lowest BCUT2D eigenvalue weighted by Gasteiger charge is -2.34. The fourth-order valence-corrected chi connectivity index (χ4v) is 3.54. The van der Waals surface area contributed by atoms with Crippen molar-refractivity contribution in [2.24, 2.45) is 0 Å². The molecule has 1 aromatic carbocycles. The van der Waals surface area contributed by atoms with Gasteiger partial charge in [0.2, 0.25) is 5.91 Å². The van der Waals surface area contributed by atoms with Crippen LogP contribution < -0.4 is 10.6 Å². The van der Waals surface area contributed by atoms with Crippen LogP contribution in [-0.4, -0.2) is 80.8 Å². The molecule has 168 valence electrons. The molecule has 2 aliphatic heterocycles. The van der Waals surface area contributed by atoms with E-state index in [1.807, 2.05) is 0 Å². The van der Waals surface area contributed by atoms with E-state index in [0.29, 0.717) is 13.2 Å². The molecule has 0 bridgehead atoms. The average molecular weight is 470 g/mol. The Balaban J connectivity index is 0.00000261. The normalized spacial score (nSPS) is 19.9. The number of nitrogens with zero attached hydrogens (tertiary/aromatic N) is 2. The van der Waals surface area contributed by atoms with Crippen molar-refractivity contribution in [3.63, 3.8) is 0 Å². The molecule has 6 nitrogen and oxygen atoms in total. The van der Waals surface area contributed by atoms with Gasteiger partial charge in [-0.2, -0.15) is 0 Å². The summed E-state index contributed by atoms with van der Waals surface area (Å²) in [6.45, 7) is 9.43. The van der Waals surface area contributed by atoms with E-state index in [0.717, 1.165) is 65.2 Å². The van der Waals surface area contributed by atoms with Crippen molar-refractivity contribution >= 4 is 43.1 Å². The average Bonchev–Trinajstić information content (AvgIpc) is 2.70. The molecule has 0 radical (unpaired) electrons. The van der Waals surface area contributed by atoms with Crippen LogP contribution in [0.5, 0.6) is 0 Å². The zero-order chi connectivity index (χ0) is 18.0. The summed E-state index contributed by atoms with van der Waals surface area (Å²) >= 11 is 0. The standard InChI is InChI=1S/C20H32N4O2.3ClH/c25-20(19-17-26-15-9-21-19)22-8-4-5-10-23-11-13-24(14-12-23)16-18-6-2-1-3-7-18;;;/h1-3,6-7,19,21H,4-5,8-17H2,(H,22,25);3*1H. The van der Waals surface area contributed by atoms with Gasteiger partial charge in [-0.15, -0.1) is 37.2 Å². The topological polar surface area (TPSA) is 56.8 Å². The molecule has 0 spiro atoms. The van der Waals surface area contributed by atoms with Crippen molar-refractivity contribution in [3.05, 3.63) is 35.9 Å². The Morgan fingerprint density at radius 1 is 1.03 bits per heavy atom. The molecule has 2 heterocycles. The molecule has 29 heavy (non-hydrogen) atoms. The van der Waals surface area contributed by atoms with E-state index in [-0.39, 0.29) is 49.2 Å². The second kappa shape index (κ2) is 16.1. The summed E-state index contributed by atoms with van der Waals surface area (Å²) in [6, 6.07) is 10.5. The number of morpholine rings is 1. The number of piperazine rings is 1. The zero-order valence-corrected chi connectivity index (χ0v) is 19.3. The van der Waals surface area contributed by atoms with Crippen LogP contribution in [0.1, 0.15) is 18.4 Å². The molecule has 1 aromatic rings. The van der Waals surface area contributed by atoms with E-state index >= 15 is 0 Å². The minimum absolute atomic E-state index is 0. The molecule has 9 heteroatoms. The van der Waals surface area contributed by atoms with Gasteiger partial charge in [-0.25, -0.2) is 0 Å². The predicted octanol–water partition coefficient (Wildman–Crippen LogP) is 1.95. The van der Waals surface area contributed by atoms with Gasteiger partial charge in [0.1, 0.15) is 6.04 Å². The van der Waals surface area contributed by atoms with E-state index in [2.05, 4.69) is 50.8 Å². The van der Waals surface area contributed by atoms with Crippen LogP contribution in [0.4, 0.5) is 0 Å². The number of carbonyl (C=O) groups is 1. The number of carbonyl (C=O) groups excluding carboxylic acids is 1. The summed E-state index contributed by atoms with van der Waals surface area (Å²) in [6.07, 6.45) is 2.16. The van der Waals surface area contributed by atoms with Crippen LogP contribution in [0.3, 0.4) is 0 Å². The van der Waals surface area contributed by atoms with Gasteiger partial charge < -0.3 is 20.3 Å². The fraction of sp³-hybridized carbons (Fsp3) is 0.650. The van der Waals surface area contributed by atoms with Crippen LogP contribution in [-0.2, 0) is 16.1 Å². The first-order chi connectivity index (χ1) is 12.8. The summed E-state index contributed by atoms with van der Waals surface area (Å²) in [5.41, 5.74) is 1.40. The Morgan fingerprint density at radius 3 is 2.38 bits per heavy atom. The predicted molar refractivity (Wildman–Crippen MR) is 125 cm³/mol. The van der Waals surface area contributed by atoms with E-state index in [4.69, 9.17) is 4.74 Å². The lowest BCUT2D eigenvalue weighted by atomic mass is 10.2. The Labute approximate surface area is 193 Å². The van der Waals surface area contributed by atoms with E-state index in [1.54, 1.807) is 0 Å². The Hall–Kier alpha value is -0.600. The lowest BCUT2D eigenvalue weighted by Crippen LogP contribution is -2.51. The van der Waals surface area contributed by atoms with Crippen molar-refractivity contribution in [1.82, 2.24) is 20.4 Å². The van der Waals surface area contributed by atoms with Crippen molar-refractivity contribution in [1.29, 1.82) is 0 Å². The molecular formula is C20H35Cl3N4O2. The monoisotopic (exact) mass is 468 g/mol. The minimum Gasteiger partial charge on any atom is -0.378 e. The second-order valence-electron chi connectivity index (χ2n) is 7.18. The van der Waals surface area contributed by atoms with Crippen molar-refractivity contribution < 1.29 is 9.53 Å². The first-order valence-electron chi connectivity index (χ1n) is 9.89. The number of benzene rings is 1. The number of nitrogens with one attached hydrogen (secondary N) is 2. The van der Waals surface area contributed by atoms with Crippen molar-refractivity contribution in [2.75, 3.05) is 59.0 Å². The van der Waals surface area contributed by atoms with Gasteiger partial charge in [-0.05, 0) is 24.9 Å². The Kier molecular flexibility index (Phi) is 15.8. The summed E-state index contributed by atoms with van der Waals surface area (Å²) < 4.78 is 5.32. The third-order valence-corrected chi connectivity index (χ3v) is 5.15. The number of amides is 1. The molecule has 2 fully saturated rings. The lowest BCUT2D eigenvalue weighted by molar-refractivity contribution is -0.125. The number of hydrogen-bond acceptors (Lipinski definition) is 5. The van der Waals surface area contributed by atoms with Gasteiger partial charge in [0.25, 0.3) is 0 Å². The Bertz CT molecular complexity index is 540. The molecule has 2 aliphatic rings. The smallest absolute Gasteiger partial charge is 0.239 e. The van der Waals surface area contributed by atoms with Crippen LogP contribution in [0.15, 0.2) is 30.3 Å². The van der Waals surface area contributed by atoms with Crippen LogP contribution in [0.25, 0.3) is 0 Å². The van der Waals surface area contributed by atoms with E-state index in [1.165, 1.54) is 5.56 Å². The zero-order valence-electron chi connectivity index (χ0n) is 16.9. The molecule has 2 saturated heterocycles. The highest BCUT2D eigenvalue weighted by Crippen LogP contribution is 2.09. The van der Waals surface area contributed by atoms with Crippen LogP contribution in [0.2, 0.25) is 0 Å². The van der Waals surface area contributed by atoms with Gasteiger partial charge in [0, 0.05) is 45.8 Å². The first kappa shape index (κ1) is 28.4. The third kappa shape index (κ3) is 10.3. The Morgan fingerprint density at radius 2 is 1.72 bits per heavy atom.